The van der Waals surface area contributed by atoms with Crippen LogP contribution in [-0.4, -0.2) is 24.6 Å². The third-order valence-electron chi connectivity index (χ3n) is 3.38. The number of rotatable bonds is 4. The van der Waals surface area contributed by atoms with Crippen molar-refractivity contribution in [2.24, 2.45) is 0 Å². The quantitative estimate of drug-likeness (QED) is 0.797. The van der Waals surface area contributed by atoms with E-state index in [2.05, 4.69) is 46.1 Å². The third-order valence-corrected chi connectivity index (χ3v) is 3.38. The number of anilines is 1. The van der Waals surface area contributed by atoms with Gasteiger partial charge < -0.3 is 5.32 Å². The Balaban J connectivity index is 1.97. The average molecular weight is 282 g/mol. The summed E-state index contributed by atoms with van der Waals surface area (Å²) >= 11 is 0. The summed E-state index contributed by atoms with van der Waals surface area (Å²) in [6, 6.07) is 5.92. The van der Waals surface area contributed by atoms with Gasteiger partial charge >= 0.3 is 0 Å². The van der Waals surface area contributed by atoms with Gasteiger partial charge in [0.05, 0.1) is 17.9 Å². The van der Waals surface area contributed by atoms with E-state index in [1.807, 2.05) is 22.7 Å². The highest BCUT2D eigenvalue weighted by molar-refractivity contribution is 5.50. The number of hydrogen-bond donors (Lipinski definition) is 1. The van der Waals surface area contributed by atoms with Crippen LogP contribution in [0.2, 0.25) is 0 Å². The molecular weight excluding hydrogens is 264 g/mol. The molecule has 0 amide bonds. The molecular formula is C15H18N6. The lowest BCUT2D eigenvalue weighted by molar-refractivity contribution is 0.782. The van der Waals surface area contributed by atoms with E-state index in [1.54, 1.807) is 18.7 Å². The zero-order valence-electron chi connectivity index (χ0n) is 12.4. The van der Waals surface area contributed by atoms with Crippen LogP contribution in [0, 0.1) is 0 Å². The molecule has 0 fully saturated rings. The fourth-order valence-electron chi connectivity index (χ4n) is 2.18. The first kappa shape index (κ1) is 13.5. The molecule has 108 valence electrons. The van der Waals surface area contributed by atoms with Crippen molar-refractivity contribution in [3.8, 4) is 0 Å². The monoisotopic (exact) mass is 282 g/mol. The van der Waals surface area contributed by atoms with Crippen molar-refractivity contribution in [2.75, 3.05) is 5.32 Å². The summed E-state index contributed by atoms with van der Waals surface area (Å²) in [7, 11) is 0. The first-order valence-electron chi connectivity index (χ1n) is 7.02. The molecule has 3 rings (SSSR count). The highest BCUT2D eigenvalue weighted by atomic mass is 15.3. The predicted octanol–water partition coefficient (Wildman–Crippen LogP) is 2.82. The van der Waals surface area contributed by atoms with E-state index in [0.717, 1.165) is 22.9 Å². The van der Waals surface area contributed by atoms with Crippen LogP contribution in [0.1, 0.15) is 44.1 Å². The Morgan fingerprint density at radius 1 is 1.10 bits per heavy atom. The van der Waals surface area contributed by atoms with Crippen LogP contribution in [-0.2, 0) is 0 Å². The molecule has 3 aromatic rings. The second-order valence-electron chi connectivity index (χ2n) is 5.32. The van der Waals surface area contributed by atoms with Crippen LogP contribution >= 0.6 is 0 Å². The summed E-state index contributed by atoms with van der Waals surface area (Å²) in [6.45, 7) is 6.33. The molecule has 1 atom stereocenters. The lowest BCUT2D eigenvalue weighted by Crippen LogP contribution is -2.13. The van der Waals surface area contributed by atoms with E-state index in [-0.39, 0.29) is 6.04 Å². The minimum Gasteiger partial charge on any atom is -0.362 e. The number of nitrogens with one attached hydrogen (secondary N) is 1. The largest absolute Gasteiger partial charge is 0.362 e. The second kappa shape index (κ2) is 5.47. The molecule has 6 heteroatoms. The lowest BCUT2D eigenvalue weighted by atomic mass is 10.1. The van der Waals surface area contributed by atoms with Gasteiger partial charge in [-0.2, -0.15) is 9.61 Å². The molecule has 1 N–H and O–H groups in total. The number of fused-ring (bicyclic) bond motifs is 1. The highest BCUT2D eigenvalue weighted by Crippen LogP contribution is 2.22. The zero-order valence-corrected chi connectivity index (χ0v) is 12.4. The normalized spacial score (nSPS) is 12.8. The van der Waals surface area contributed by atoms with Gasteiger partial charge in [-0.1, -0.05) is 13.8 Å². The van der Waals surface area contributed by atoms with E-state index < -0.39 is 0 Å². The molecule has 21 heavy (non-hydrogen) atoms. The molecule has 0 saturated heterocycles. The first-order valence-corrected chi connectivity index (χ1v) is 7.02. The smallest absolute Gasteiger partial charge is 0.157 e. The molecule has 0 aliphatic carbocycles. The van der Waals surface area contributed by atoms with E-state index in [0.29, 0.717) is 5.92 Å². The molecule has 6 nitrogen and oxygen atoms in total. The van der Waals surface area contributed by atoms with Gasteiger partial charge in [0.1, 0.15) is 12.1 Å². The lowest BCUT2D eigenvalue weighted by Gasteiger charge is -2.17. The maximum absolute atomic E-state index is 4.61. The highest BCUT2D eigenvalue weighted by Gasteiger charge is 2.12. The van der Waals surface area contributed by atoms with Crippen molar-refractivity contribution in [1.29, 1.82) is 0 Å². The van der Waals surface area contributed by atoms with Gasteiger partial charge in [-0.15, -0.1) is 0 Å². The van der Waals surface area contributed by atoms with E-state index in [1.165, 1.54) is 0 Å². The average Bonchev–Trinajstić information content (AvgIpc) is 2.96. The van der Waals surface area contributed by atoms with Crippen LogP contribution in [0.25, 0.3) is 5.65 Å². The summed E-state index contributed by atoms with van der Waals surface area (Å²) in [5.74, 6) is 1.28. The van der Waals surface area contributed by atoms with Gasteiger partial charge in [0.25, 0.3) is 0 Å². The number of aromatic nitrogens is 5. The Labute approximate surface area is 123 Å². The second-order valence-corrected chi connectivity index (χ2v) is 5.32. The summed E-state index contributed by atoms with van der Waals surface area (Å²) in [5.41, 5.74) is 2.83. The Morgan fingerprint density at radius 2 is 1.95 bits per heavy atom. The fraction of sp³-hybridized carbons (Fsp3) is 0.333. The van der Waals surface area contributed by atoms with Crippen LogP contribution in [0.15, 0.2) is 36.9 Å². The maximum atomic E-state index is 4.61. The van der Waals surface area contributed by atoms with Crippen molar-refractivity contribution >= 4 is 11.5 Å². The van der Waals surface area contributed by atoms with Gasteiger partial charge in [-0.25, -0.2) is 15.0 Å². The molecule has 0 saturated carbocycles. The molecule has 0 aliphatic heterocycles. The predicted molar refractivity (Wildman–Crippen MR) is 81.1 cm³/mol. The standard InChI is InChI=1S/C15H18N6/c1-10(2)13-8-15(21-14(20-13)5-7-18-21)19-11(3)12-4-6-16-9-17-12/h4-11,19H,1-3H3. The van der Waals surface area contributed by atoms with E-state index in [9.17, 15) is 0 Å². The molecule has 1 unspecified atom stereocenters. The van der Waals surface area contributed by atoms with Crippen LogP contribution in [0.4, 0.5) is 5.82 Å². The summed E-state index contributed by atoms with van der Waals surface area (Å²) in [5, 5.41) is 7.78. The van der Waals surface area contributed by atoms with Crippen molar-refractivity contribution in [3.63, 3.8) is 0 Å². The molecule has 0 spiro atoms. The Morgan fingerprint density at radius 3 is 2.67 bits per heavy atom. The molecule has 0 aliphatic rings. The molecule has 0 aromatic carbocycles. The Kier molecular flexibility index (Phi) is 3.51. The van der Waals surface area contributed by atoms with Crippen molar-refractivity contribution < 1.29 is 0 Å². The van der Waals surface area contributed by atoms with E-state index in [4.69, 9.17) is 0 Å². The summed E-state index contributed by atoms with van der Waals surface area (Å²) in [4.78, 5) is 12.8. The van der Waals surface area contributed by atoms with Gasteiger partial charge in [-0.05, 0) is 18.9 Å². The van der Waals surface area contributed by atoms with Crippen molar-refractivity contribution in [1.82, 2.24) is 24.6 Å². The van der Waals surface area contributed by atoms with Gasteiger partial charge in [-0.3, -0.25) is 0 Å². The van der Waals surface area contributed by atoms with Crippen LogP contribution < -0.4 is 5.32 Å². The minimum absolute atomic E-state index is 0.0582. The Bertz CT molecular complexity index is 734. The first-order chi connectivity index (χ1) is 10.1. The Hall–Kier alpha value is -2.50. The van der Waals surface area contributed by atoms with Crippen LogP contribution in [0.5, 0.6) is 0 Å². The third kappa shape index (κ3) is 2.69. The van der Waals surface area contributed by atoms with Gasteiger partial charge in [0.15, 0.2) is 5.65 Å². The van der Waals surface area contributed by atoms with E-state index >= 15 is 0 Å². The molecule has 0 bridgehead atoms. The molecule has 0 radical (unpaired) electrons. The number of nitrogens with zero attached hydrogens (tertiary/aromatic N) is 5. The zero-order chi connectivity index (χ0) is 14.8. The minimum atomic E-state index is 0.0582. The van der Waals surface area contributed by atoms with Crippen LogP contribution in [0.3, 0.4) is 0 Å². The number of hydrogen-bond acceptors (Lipinski definition) is 5. The van der Waals surface area contributed by atoms with Gasteiger partial charge in [0.2, 0.25) is 0 Å². The van der Waals surface area contributed by atoms with Crippen molar-refractivity contribution in [3.05, 3.63) is 48.3 Å². The fourth-order valence-corrected chi connectivity index (χ4v) is 2.18. The molecule has 3 heterocycles. The van der Waals surface area contributed by atoms with Gasteiger partial charge in [0, 0.05) is 24.0 Å². The maximum Gasteiger partial charge on any atom is 0.157 e. The topological polar surface area (TPSA) is 68.0 Å². The summed E-state index contributed by atoms with van der Waals surface area (Å²) < 4.78 is 1.81. The van der Waals surface area contributed by atoms with Crippen molar-refractivity contribution in [2.45, 2.75) is 32.7 Å². The molecule has 3 aromatic heterocycles. The summed E-state index contributed by atoms with van der Waals surface area (Å²) in [6.07, 6.45) is 5.06. The SMILES string of the molecule is CC(C)c1cc(NC(C)c2ccncn2)n2nccc2n1.